The largest absolute Gasteiger partial charge is 0.377 e. The van der Waals surface area contributed by atoms with Crippen molar-refractivity contribution in [2.24, 2.45) is 0 Å². The Morgan fingerprint density at radius 2 is 2.36 bits per heavy atom. The zero-order chi connectivity index (χ0) is 9.97. The van der Waals surface area contributed by atoms with Crippen molar-refractivity contribution in [2.75, 3.05) is 14.2 Å². The highest BCUT2D eigenvalue weighted by molar-refractivity contribution is 7.16. The van der Waals surface area contributed by atoms with Crippen molar-refractivity contribution in [1.29, 1.82) is 0 Å². The summed E-state index contributed by atoms with van der Waals surface area (Å²) in [6.07, 6.45) is 0. The fourth-order valence-corrected chi connectivity index (χ4v) is 2.00. The van der Waals surface area contributed by atoms with Gasteiger partial charge in [-0.3, -0.25) is 0 Å². The van der Waals surface area contributed by atoms with E-state index < -0.39 is 0 Å². The number of ether oxygens (including phenoxy) is 1. The minimum Gasteiger partial charge on any atom is -0.377 e. The molecule has 2 aromatic heterocycles. The van der Waals surface area contributed by atoms with Crippen molar-refractivity contribution in [2.45, 2.75) is 13.2 Å². The highest BCUT2D eigenvalue weighted by Crippen LogP contribution is 2.13. The summed E-state index contributed by atoms with van der Waals surface area (Å²) >= 11 is 1.53. The van der Waals surface area contributed by atoms with Crippen LogP contribution in [0.15, 0.2) is 0 Å². The number of methoxy groups -OCH3 is 1. The molecule has 2 heterocycles. The lowest BCUT2D eigenvalue weighted by Crippen LogP contribution is -2.05. The second-order valence-electron chi connectivity index (χ2n) is 2.77. The van der Waals surface area contributed by atoms with Gasteiger partial charge in [0.2, 0.25) is 4.96 Å². The maximum absolute atomic E-state index is 4.99. The smallest absolute Gasteiger partial charge is 0.234 e. The van der Waals surface area contributed by atoms with Crippen molar-refractivity contribution in [3.8, 4) is 0 Å². The number of rotatable bonds is 4. The lowest BCUT2D eigenvalue weighted by molar-refractivity contribution is 0.176. The summed E-state index contributed by atoms with van der Waals surface area (Å²) < 4.78 is 6.71. The van der Waals surface area contributed by atoms with Crippen LogP contribution in [0.1, 0.15) is 10.8 Å². The Balaban J connectivity index is 2.35. The van der Waals surface area contributed by atoms with Gasteiger partial charge in [0.25, 0.3) is 0 Å². The molecule has 0 aromatic carbocycles. The van der Waals surface area contributed by atoms with Crippen molar-refractivity contribution in [3.63, 3.8) is 0 Å². The monoisotopic (exact) mass is 213 g/mol. The summed E-state index contributed by atoms with van der Waals surface area (Å²) in [7, 11) is 3.51. The summed E-state index contributed by atoms with van der Waals surface area (Å²) in [6, 6.07) is 0. The molecule has 0 spiro atoms. The van der Waals surface area contributed by atoms with E-state index >= 15 is 0 Å². The maximum Gasteiger partial charge on any atom is 0.234 e. The van der Waals surface area contributed by atoms with E-state index in [9.17, 15) is 0 Å². The molecule has 0 aliphatic heterocycles. The molecule has 0 bridgehead atoms. The van der Waals surface area contributed by atoms with Gasteiger partial charge in [-0.1, -0.05) is 11.3 Å². The van der Waals surface area contributed by atoms with E-state index in [0.29, 0.717) is 6.61 Å². The lowest BCUT2D eigenvalue weighted by atomic mass is 10.7. The average Bonchev–Trinajstić information content (AvgIpc) is 2.69. The molecule has 76 valence electrons. The van der Waals surface area contributed by atoms with E-state index in [2.05, 4.69) is 20.6 Å². The third kappa shape index (κ3) is 1.61. The third-order valence-corrected chi connectivity index (χ3v) is 2.60. The molecule has 6 nitrogen and oxygen atoms in total. The van der Waals surface area contributed by atoms with Crippen molar-refractivity contribution >= 4 is 16.3 Å². The van der Waals surface area contributed by atoms with Crippen LogP contribution in [0.25, 0.3) is 4.96 Å². The van der Waals surface area contributed by atoms with Crippen molar-refractivity contribution in [3.05, 3.63) is 10.8 Å². The molecule has 2 aromatic rings. The number of fused-ring (bicyclic) bond motifs is 1. The molecule has 0 aliphatic carbocycles. The van der Waals surface area contributed by atoms with E-state index in [1.54, 1.807) is 11.6 Å². The first-order valence-corrected chi connectivity index (χ1v) is 5.00. The molecule has 0 amide bonds. The Bertz CT molecular complexity index is 423. The van der Waals surface area contributed by atoms with E-state index in [1.807, 2.05) is 7.05 Å². The van der Waals surface area contributed by atoms with Gasteiger partial charge in [-0.15, -0.1) is 10.2 Å². The van der Waals surface area contributed by atoms with Gasteiger partial charge in [0.05, 0.1) is 0 Å². The quantitative estimate of drug-likeness (QED) is 0.777. The molecule has 14 heavy (non-hydrogen) atoms. The summed E-state index contributed by atoms with van der Waals surface area (Å²) in [6.45, 7) is 1.18. The van der Waals surface area contributed by atoms with Gasteiger partial charge in [-0.05, 0) is 7.05 Å². The number of nitrogens with one attached hydrogen (secondary N) is 1. The molecular weight excluding hydrogens is 202 g/mol. The molecule has 0 fully saturated rings. The number of hydrogen-bond donors (Lipinski definition) is 1. The zero-order valence-electron chi connectivity index (χ0n) is 8.02. The third-order valence-electron chi connectivity index (χ3n) is 1.70. The van der Waals surface area contributed by atoms with Crippen LogP contribution in [0.5, 0.6) is 0 Å². The molecule has 0 atom stereocenters. The van der Waals surface area contributed by atoms with Gasteiger partial charge >= 0.3 is 0 Å². The summed E-state index contributed by atoms with van der Waals surface area (Å²) in [5.41, 5.74) is 0. The van der Waals surface area contributed by atoms with Gasteiger partial charge in [-0.2, -0.15) is 9.61 Å². The minimum absolute atomic E-state index is 0.434. The highest BCUT2D eigenvalue weighted by Gasteiger charge is 2.10. The van der Waals surface area contributed by atoms with E-state index in [0.717, 1.165) is 22.3 Å². The van der Waals surface area contributed by atoms with Gasteiger partial charge in [0.15, 0.2) is 5.82 Å². The molecule has 0 saturated carbocycles. The summed E-state index contributed by atoms with van der Waals surface area (Å²) in [5.74, 6) is 0.737. The Morgan fingerprint density at radius 3 is 3.07 bits per heavy atom. The van der Waals surface area contributed by atoms with Gasteiger partial charge in [0.1, 0.15) is 11.6 Å². The van der Waals surface area contributed by atoms with Gasteiger partial charge < -0.3 is 10.1 Å². The van der Waals surface area contributed by atoms with Crippen molar-refractivity contribution in [1.82, 2.24) is 25.1 Å². The van der Waals surface area contributed by atoms with Crippen LogP contribution in [-0.4, -0.2) is 34.0 Å². The Morgan fingerprint density at radius 1 is 1.50 bits per heavy atom. The zero-order valence-corrected chi connectivity index (χ0v) is 8.84. The van der Waals surface area contributed by atoms with Crippen LogP contribution in [-0.2, 0) is 17.9 Å². The first-order valence-electron chi connectivity index (χ1n) is 4.18. The second kappa shape index (κ2) is 3.99. The van der Waals surface area contributed by atoms with Gasteiger partial charge in [-0.25, -0.2) is 0 Å². The average molecular weight is 213 g/mol. The standard InChI is InChI=1S/C7H11N5OS/c1-8-3-6-11-12-5(4-13-2)9-10-7(12)14-6/h8H,3-4H2,1-2H3. The highest BCUT2D eigenvalue weighted by atomic mass is 32.1. The van der Waals surface area contributed by atoms with Crippen LogP contribution in [0.4, 0.5) is 0 Å². The van der Waals surface area contributed by atoms with Crippen LogP contribution >= 0.6 is 11.3 Å². The summed E-state index contributed by atoms with van der Waals surface area (Å²) in [5, 5.41) is 16.3. The first kappa shape index (κ1) is 9.50. The molecule has 2 rings (SSSR count). The lowest BCUT2D eigenvalue weighted by Gasteiger charge is -1.93. The molecule has 1 N–H and O–H groups in total. The van der Waals surface area contributed by atoms with Crippen LogP contribution in [0, 0.1) is 0 Å². The van der Waals surface area contributed by atoms with Crippen molar-refractivity contribution < 1.29 is 4.74 Å². The second-order valence-corrected chi connectivity index (χ2v) is 3.81. The molecule has 7 heteroatoms. The van der Waals surface area contributed by atoms with E-state index in [4.69, 9.17) is 4.74 Å². The molecule has 0 radical (unpaired) electrons. The number of hydrogen-bond acceptors (Lipinski definition) is 6. The Kier molecular flexibility index (Phi) is 2.71. The predicted molar refractivity (Wildman–Crippen MR) is 52.1 cm³/mol. The van der Waals surface area contributed by atoms with Gasteiger partial charge in [0, 0.05) is 13.7 Å². The molecular formula is C7H11N5OS. The SMILES string of the molecule is CNCc1nn2c(COC)nnc2s1. The predicted octanol–water partition coefficient (Wildman–Crippen LogP) is 0.0516. The Labute approximate surface area is 84.9 Å². The molecule has 0 unspecified atom stereocenters. The molecule has 0 saturated heterocycles. The fraction of sp³-hybridized carbons (Fsp3) is 0.571. The maximum atomic E-state index is 4.99. The van der Waals surface area contributed by atoms with E-state index in [-0.39, 0.29) is 0 Å². The minimum atomic E-state index is 0.434. The van der Waals surface area contributed by atoms with E-state index in [1.165, 1.54) is 11.3 Å². The Hall–Kier alpha value is -1.05. The molecule has 0 aliphatic rings. The van der Waals surface area contributed by atoms with Crippen LogP contribution < -0.4 is 5.32 Å². The first-order chi connectivity index (χ1) is 6.85. The number of aromatic nitrogens is 4. The van der Waals surface area contributed by atoms with Crippen LogP contribution in [0.3, 0.4) is 0 Å². The number of nitrogens with zero attached hydrogens (tertiary/aromatic N) is 4. The fourth-order valence-electron chi connectivity index (χ4n) is 1.14. The summed E-state index contributed by atoms with van der Waals surface area (Å²) in [4.78, 5) is 0.808. The topological polar surface area (TPSA) is 64.3 Å². The normalized spacial score (nSPS) is 11.3. The van der Waals surface area contributed by atoms with Crippen LogP contribution in [0.2, 0.25) is 0 Å².